The third kappa shape index (κ3) is 6.80. The van der Waals surface area contributed by atoms with Crippen molar-refractivity contribution in [3.8, 4) is 0 Å². The minimum Gasteiger partial charge on any atom is -0.383 e. The molecule has 0 aliphatic carbocycles. The number of rotatable bonds is 12. The van der Waals surface area contributed by atoms with Crippen molar-refractivity contribution in [2.45, 2.75) is 51.0 Å². The summed E-state index contributed by atoms with van der Waals surface area (Å²) in [5.74, 6) is -0.438. The van der Waals surface area contributed by atoms with Crippen LogP contribution in [0.2, 0.25) is 5.02 Å². The maximum atomic E-state index is 13.2. The molecule has 2 aromatic carbocycles. The molecular formula is C25H32ClN3O4S2. The smallest absolute Gasteiger partial charge is 0.279 e. The number of fused-ring (bicyclic) bond motifs is 1. The van der Waals surface area contributed by atoms with E-state index in [2.05, 4.69) is 4.99 Å². The molecule has 0 aliphatic rings. The molecule has 1 aromatic heterocycles. The largest absolute Gasteiger partial charge is 0.383 e. The van der Waals surface area contributed by atoms with Crippen molar-refractivity contribution in [1.82, 2.24) is 8.87 Å². The summed E-state index contributed by atoms with van der Waals surface area (Å²) in [6, 6.07) is 11.6. The number of hydrogen-bond donors (Lipinski definition) is 0. The van der Waals surface area contributed by atoms with Crippen LogP contribution in [0.25, 0.3) is 10.2 Å². The molecule has 0 fully saturated rings. The minimum absolute atomic E-state index is 0.188. The van der Waals surface area contributed by atoms with Gasteiger partial charge < -0.3 is 9.30 Å². The molecule has 3 aromatic rings. The molecule has 3 rings (SSSR count). The molecule has 10 heteroatoms. The Balaban J connectivity index is 1.91. The van der Waals surface area contributed by atoms with Gasteiger partial charge in [-0.15, -0.1) is 0 Å². The number of benzene rings is 2. The molecule has 1 amide bonds. The van der Waals surface area contributed by atoms with Gasteiger partial charge in [-0.2, -0.15) is 9.30 Å². The van der Waals surface area contributed by atoms with E-state index >= 15 is 0 Å². The predicted octanol–water partition coefficient (Wildman–Crippen LogP) is 5.33. The van der Waals surface area contributed by atoms with Gasteiger partial charge in [-0.3, -0.25) is 4.79 Å². The van der Waals surface area contributed by atoms with Crippen LogP contribution in [0.5, 0.6) is 0 Å². The Labute approximate surface area is 216 Å². The number of ether oxygens (including phenoxy) is 1. The zero-order chi connectivity index (χ0) is 25.4. The number of carbonyl (C=O) groups is 1. The third-order valence-corrected chi connectivity index (χ3v) is 8.81. The van der Waals surface area contributed by atoms with E-state index in [1.165, 1.54) is 35.6 Å². The van der Waals surface area contributed by atoms with Gasteiger partial charge in [0.25, 0.3) is 5.91 Å². The molecule has 0 bridgehead atoms. The first kappa shape index (κ1) is 27.5. The summed E-state index contributed by atoms with van der Waals surface area (Å²) in [5, 5.41) is 0.610. The highest BCUT2D eigenvalue weighted by Crippen LogP contribution is 2.22. The van der Waals surface area contributed by atoms with Crippen LogP contribution in [-0.4, -0.2) is 50.0 Å². The Bertz CT molecular complexity index is 1310. The van der Waals surface area contributed by atoms with E-state index < -0.39 is 15.9 Å². The summed E-state index contributed by atoms with van der Waals surface area (Å²) in [7, 11) is -2.00. The number of amides is 1. The molecule has 190 valence electrons. The fourth-order valence-corrected chi connectivity index (χ4v) is 6.47. The van der Waals surface area contributed by atoms with E-state index in [1.807, 2.05) is 30.5 Å². The first-order valence-corrected chi connectivity index (χ1v) is 14.4. The second-order valence-corrected chi connectivity index (χ2v) is 11.6. The highest BCUT2D eigenvalue weighted by Gasteiger charge is 2.23. The van der Waals surface area contributed by atoms with Gasteiger partial charge in [-0.05, 0) is 55.3 Å². The molecule has 0 aliphatic heterocycles. The van der Waals surface area contributed by atoms with Gasteiger partial charge in [0.1, 0.15) is 0 Å². The first-order chi connectivity index (χ1) is 16.8. The lowest BCUT2D eigenvalue weighted by atomic mass is 10.2. The van der Waals surface area contributed by atoms with Gasteiger partial charge in [0.15, 0.2) is 4.80 Å². The highest BCUT2D eigenvalue weighted by atomic mass is 35.5. The number of halogens is 1. The number of aromatic nitrogens is 1. The monoisotopic (exact) mass is 537 g/mol. The van der Waals surface area contributed by atoms with Crippen LogP contribution < -0.4 is 4.80 Å². The summed E-state index contributed by atoms with van der Waals surface area (Å²) in [4.78, 5) is 18.0. The molecule has 0 radical (unpaired) electrons. The van der Waals surface area contributed by atoms with Gasteiger partial charge in [-0.25, -0.2) is 8.42 Å². The normalized spacial score (nSPS) is 12.7. The molecule has 35 heavy (non-hydrogen) atoms. The van der Waals surface area contributed by atoms with Crippen molar-refractivity contribution in [3.63, 3.8) is 0 Å². The van der Waals surface area contributed by atoms with E-state index in [0.29, 0.717) is 41.6 Å². The molecule has 0 N–H and O–H groups in total. The number of carbonyl (C=O) groups excluding carboxylic acids is 1. The van der Waals surface area contributed by atoms with Crippen LogP contribution in [0.15, 0.2) is 52.4 Å². The summed E-state index contributed by atoms with van der Waals surface area (Å²) < 4.78 is 36.0. The average molecular weight is 538 g/mol. The fourth-order valence-electron chi connectivity index (χ4n) is 3.62. The third-order valence-electron chi connectivity index (χ3n) is 5.62. The lowest BCUT2D eigenvalue weighted by Crippen LogP contribution is -2.33. The van der Waals surface area contributed by atoms with Crippen molar-refractivity contribution >= 4 is 49.1 Å². The summed E-state index contributed by atoms with van der Waals surface area (Å²) in [6.07, 6.45) is 3.45. The zero-order valence-corrected chi connectivity index (χ0v) is 22.8. The van der Waals surface area contributed by atoms with Gasteiger partial charge >= 0.3 is 0 Å². The summed E-state index contributed by atoms with van der Waals surface area (Å²) in [6.45, 7) is 6.07. The van der Waals surface area contributed by atoms with Crippen LogP contribution >= 0.6 is 22.9 Å². The van der Waals surface area contributed by atoms with E-state index in [-0.39, 0.29) is 4.90 Å². The highest BCUT2D eigenvalue weighted by molar-refractivity contribution is 7.89. The lowest BCUT2D eigenvalue weighted by molar-refractivity contribution is 0.0997. The summed E-state index contributed by atoms with van der Waals surface area (Å²) >= 11 is 7.51. The maximum Gasteiger partial charge on any atom is 0.279 e. The van der Waals surface area contributed by atoms with Crippen LogP contribution in [-0.2, 0) is 21.3 Å². The number of hydrogen-bond acceptors (Lipinski definition) is 5. The quantitative estimate of drug-likeness (QED) is 0.312. The predicted molar refractivity (Wildman–Crippen MR) is 142 cm³/mol. The number of nitrogens with zero attached hydrogens (tertiary/aromatic N) is 3. The molecule has 0 saturated heterocycles. The fraction of sp³-hybridized carbons (Fsp3) is 0.440. The Hall–Kier alpha value is -2.04. The molecule has 0 atom stereocenters. The molecular weight excluding hydrogens is 506 g/mol. The standard InChI is InChI=1S/C25H32ClN3O4S2/c1-4-6-14-28(15-7-5-2)35(31,32)21-11-8-19(9-12-21)24(30)27-25-29(16-17-33-3)22-13-10-20(26)18-23(22)34-25/h8-13,18H,4-7,14-17H2,1-3H3. The van der Waals surface area contributed by atoms with Crippen molar-refractivity contribution in [2.75, 3.05) is 26.8 Å². The minimum atomic E-state index is -3.62. The van der Waals surface area contributed by atoms with E-state index in [0.717, 1.165) is 35.9 Å². The Morgan fingerprint density at radius 3 is 2.34 bits per heavy atom. The van der Waals surface area contributed by atoms with Crippen LogP contribution in [0.4, 0.5) is 0 Å². The van der Waals surface area contributed by atoms with E-state index in [9.17, 15) is 13.2 Å². The van der Waals surface area contributed by atoms with Crippen LogP contribution in [0.3, 0.4) is 0 Å². The van der Waals surface area contributed by atoms with Crippen LogP contribution in [0, 0.1) is 0 Å². The van der Waals surface area contributed by atoms with E-state index in [4.69, 9.17) is 16.3 Å². The number of sulfonamides is 1. The van der Waals surface area contributed by atoms with Crippen molar-refractivity contribution < 1.29 is 17.9 Å². The van der Waals surface area contributed by atoms with E-state index in [1.54, 1.807) is 17.5 Å². The molecule has 0 saturated carbocycles. The van der Waals surface area contributed by atoms with Crippen molar-refractivity contribution in [3.05, 3.63) is 57.9 Å². The summed E-state index contributed by atoms with van der Waals surface area (Å²) in [5.41, 5.74) is 1.25. The zero-order valence-electron chi connectivity index (χ0n) is 20.4. The van der Waals surface area contributed by atoms with Gasteiger partial charge in [0.2, 0.25) is 10.0 Å². The topological polar surface area (TPSA) is 81.0 Å². The van der Waals surface area contributed by atoms with Gasteiger partial charge in [0.05, 0.1) is 21.7 Å². The number of unbranched alkanes of at least 4 members (excludes halogenated alkanes) is 2. The SMILES string of the molecule is CCCCN(CCCC)S(=O)(=O)c1ccc(C(=O)N=c2sc3cc(Cl)ccc3n2CCOC)cc1. The second kappa shape index (κ2) is 12.8. The van der Waals surface area contributed by atoms with Gasteiger partial charge in [0, 0.05) is 37.3 Å². The Morgan fingerprint density at radius 1 is 1.09 bits per heavy atom. The van der Waals surface area contributed by atoms with Crippen LogP contribution in [0.1, 0.15) is 49.9 Å². The lowest BCUT2D eigenvalue weighted by Gasteiger charge is -2.22. The second-order valence-electron chi connectivity index (χ2n) is 8.19. The first-order valence-electron chi connectivity index (χ1n) is 11.8. The number of thiazole rings is 1. The maximum absolute atomic E-state index is 13.2. The Kier molecular flexibility index (Phi) is 10.1. The van der Waals surface area contributed by atoms with Gasteiger partial charge in [-0.1, -0.05) is 49.6 Å². The Morgan fingerprint density at radius 2 is 1.74 bits per heavy atom. The molecule has 0 unspecified atom stereocenters. The average Bonchev–Trinajstić information content (AvgIpc) is 3.18. The molecule has 7 nitrogen and oxygen atoms in total. The van der Waals surface area contributed by atoms with Crippen molar-refractivity contribution in [1.29, 1.82) is 0 Å². The molecule has 0 spiro atoms. The molecule has 1 heterocycles. The van der Waals surface area contributed by atoms with Crippen molar-refractivity contribution in [2.24, 2.45) is 4.99 Å². The number of methoxy groups -OCH3 is 1.